The molecule has 0 aliphatic rings. The first-order chi connectivity index (χ1) is 10.9. The van der Waals surface area contributed by atoms with Gasteiger partial charge in [0.1, 0.15) is 5.75 Å². The minimum atomic E-state index is -3.71. The minimum absolute atomic E-state index is 0.0290. The maximum atomic E-state index is 12.0. The Morgan fingerprint density at radius 1 is 1.09 bits per heavy atom. The van der Waals surface area contributed by atoms with E-state index in [0.717, 1.165) is 0 Å². The fraction of sp³-hybridized carbons (Fsp3) is 0.0625. The van der Waals surface area contributed by atoms with Crippen molar-refractivity contribution in [2.45, 2.75) is 4.90 Å². The van der Waals surface area contributed by atoms with Crippen molar-refractivity contribution in [1.82, 2.24) is 0 Å². The smallest absolute Gasteiger partial charge is 0.238 e. The van der Waals surface area contributed by atoms with Gasteiger partial charge >= 0.3 is 0 Å². The Kier molecular flexibility index (Phi) is 5.15. The number of hydrogen-bond acceptors (Lipinski definition) is 5. The number of hydrogen-bond donors (Lipinski definition) is 2. The summed E-state index contributed by atoms with van der Waals surface area (Å²) in [5, 5.41) is 7.90. The highest BCUT2D eigenvalue weighted by molar-refractivity contribution is 7.89. The highest BCUT2D eigenvalue weighted by atomic mass is 32.2. The molecule has 2 aromatic rings. The summed E-state index contributed by atoms with van der Waals surface area (Å²) in [6.07, 6.45) is 2.87. The van der Waals surface area contributed by atoms with Gasteiger partial charge in [0, 0.05) is 23.5 Å². The molecule has 0 saturated carbocycles. The van der Waals surface area contributed by atoms with E-state index in [2.05, 4.69) is 5.32 Å². The molecule has 23 heavy (non-hydrogen) atoms. The van der Waals surface area contributed by atoms with Gasteiger partial charge in [0.05, 0.1) is 12.0 Å². The van der Waals surface area contributed by atoms with Crippen LogP contribution in [0.1, 0.15) is 10.4 Å². The molecule has 3 N–H and O–H groups in total. The zero-order valence-electron chi connectivity index (χ0n) is 12.4. The van der Waals surface area contributed by atoms with E-state index in [-0.39, 0.29) is 10.7 Å². The Labute approximate surface area is 134 Å². The molecule has 0 fully saturated rings. The second-order valence-corrected chi connectivity index (χ2v) is 6.20. The van der Waals surface area contributed by atoms with Crippen molar-refractivity contribution in [1.29, 1.82) is 0 Å². The van der Waals surface area contributed by atoms with Crippen LogP contribution in [0.2, 0.25) is 0 Å². The lowest BCUT2D eigenvalue weighted by molar-refractivity contribution is 0.104. The molecular weight excluding hydrogens is 316 g/mol. The maximum absolute atomic E-state index is 12.0. The number of nitrogens with one attached hydrogen (secondary N) is 1. The molecule has 0 aromatic heterocycles. The predicted octanol–water partition coefficient (Wildman–Crippen LogP) is 2.15. The lowest BCUT2D eigenvalue weighted by Crippen LogP contribution is -2.11. The van der Waals surface area contributed by atoms with E-state index in [4.69, 9.17) is 9.88 Å². The third-order valence-corrected chi connectivity index (χ3v) is 3.97. The molecule has 0 heterocycles. The van der Waals surface area contributed by atoms with E-state index in [1.165, 1.54) is 24.4 Å². The molecule has 7 heteroatoms. The van der Waals surface area contributed by atoms with Crippen LogP contribution in [-0.2, 0) is 10.0 Å². The molecule has 2 rings (SSSR count). The molecule has 0 radical (unpaired) electrons. The van der Waals surface area contributed by atoms with Gasteiger partial charge in [-0.05, 0) is 48.5 Å². The monoisotopic (exact) mass is 332 g/mol. The summed E-state index contributed by atoms with van der Waals surface area (Å²) in [6, 6.07) is 12.7. The van der Waals surface area contributed by atoms with Gasteiger partial charge in [0.15, 0.2) is 5.78 Å². The number of methoxy groups -OCH3 is 1. The van der Waals surface area contributed by atoms with Crippen LogP contribution in [0.3, 0.4) is 0 Å². The van der Waals surface area contributed by atoms with Crippen molar-refractivity contribution < 1.29 is 17.9 Å². The van der Waals surface area contributed by atoms with Gasteiger partial charge in [-0.2, -0.15) is 0 Å². The van der Waals surface area contributed by atoms with E-state index < -0.39 is 10.0 Å². The Morgan fingerprint density at radius 2 is 1.70 bits per heavy atom. The van der Waals surface area contributed by atoms with E-state index in [9.17, 15) is 13.2 Å². The summed E-state index contributed by atoms with van der Waals surface area (Å²) >= 11 is 0. The molecular formula is C16H16N2O4S. The summed E-state index contributed by atoms with van der Waals surface area (Å²) in [5.41, 5.74) is 1.17. The van der Waals surface area contributed by atoms with Gasteiger partial charge in [0.25, 0.3) is 0 Å². The van der Waals surface area contributed by atoms with Gasteiger partial charge in [-0.25, -0.2) is 13.6 Å². The molecule has 0 saturated heterocycles. The summed E-state index contributed by atoms with van der Waals surface area (Å²) in [6.45, 7) is 0. The fourth-order valence-corrected chi connectivity index (χ4v) is 2.32. The van der Waals surface area contributed by atoms with Crippen molar-refractivity contribution in [3.8, 4) is 5.75 Å². The van der Waals surface area contributed by atoms with Gasteiger partial charge in [-0.3, -0.25) is 4.79 Å². The number of carbonyl (C=O) groups is 1. The van der Waals surface area contributed by atoms with Crippen LogP contribution in [0.25, 0.3) is 0 Å². The van der Waals surface area contributed by atoms with Crippen LogP contribution in [0, 0.1) is 0 Å². The molecule has 0 aliphatic heterocycles. The first-order valence-electron chi connectivity index (χ1n) is 6.64. The largest absolute Gasteiger partial charge is 0.497 e. The molecule has 120 valence electrons. The van der Waals surface area contributed by atoms with Gasteiger partial charge in [-0.15, -0.1) is 0 Å². The number of allylic oxidation sites excluding steroid dienone is 1. The number of benzene rings is 2. The van der Waals surface area contributed by atoms with Crippen LogP contribution in [-0.4, -0.2) is 21.3 Å². The van der Waals surface area contributed by atoms with Crippen LogP contribution < -0.4 is 15.2 Å². The lowest BCUT2D eigenvalue weighted by Gasteiger charge is -2.03. The molecule has 2 aromatic carbocycles. The fourth-order valence-electron chi connectivity index (χ4n) is 1.81. The third kappa shape index (κ3) is 4.67. The van der Waals surface area contributed by atoms with Crippen LogP contribution in [0.4, 0.5) is 5.69 Å². The van der Waals surface area contributed by atoms with Crippen molar-refractivity contribution in [2.75, 3.05) is 12.4 Å². The number of carbonyl (C=O) groups excluding carboxylic acids is 1. The summed E-state index contributed by atoms with van der Waals surface area (Å²) in [5.74, 6) is 0.514. The topological polar surface area (TPSA) is 98.5 Å². The number of ether oxygens (including phenoxy) is 1. The number of anilines is 1. The average molecular weight is 332 g/mol. The Morgan fingerprint density at radius 3 is 2.22 bits per heavy atom. The minimum Gasteiger partial charge on any atom is -0.497 e. The Balaban J connectivity index is 1.99. The van der Waals surface area contributed by atoms with Crippen molar-refractivity contribution in [3.63, 3.8) is 0 Å². The second kappa shape index (κ2) is 7.08. The molecule has 0 amide bonds. The SMILES string of the molecule is COc1ccc(C(=O)/C=C/Nc2ccc(S(N)(=O)=O)cc2)cc1. The van der Waals surface area contributed by atoms with Crippen LogP contribution >= 0.6 is 0 Å². The molecule has 0 aliphatic carbocycles. The molecule has 0 spiro atoms. The second-order valence-electron chi connectivity index (χ2n) is 4.64. The summed E-state index contributed by atoms with van der Waals surface area (Å²) < 4.78 is 27.3. The van der Waals surface area contributed by atoms with Crippen molar-refractivity contribution in [3.05, 3.63) is 66.4 Å². The normalized spacial score (nSPS) is 11.4. The number of primary sulfonamides is 1. The van der Waals surface area contributed by atoms with Crippen LogP contribution in [0.5, 0.6) is 5.75 Å². The highest BCUT2D eigenvalue weighted by Crippen LogP contribution is 2.14. The number of rotatable bonds is 6. The van der Waals surface area contributed by atoms with Gasteiger partial charge in [0.2, 0.25) is 10.0 Å². The molecule has 6 nitrogen and oxygen atoms in total. The molecule has 0 unspecified atom stereocenters. The highest BCUT2D eigenvalue weighted by Gasteiger charge is 2.06. The van der Waals surface area contributed by atoms with E-state index in [0.29, 0.717) is 17.0 Å². The van der Waals surface area contributed by atoms with E-state index in [1.807, 2.05) is 0 Å². The number of nitrogens with two attached hydrogens (primary N) is 1. The van der Waals surface area contributed by atoms with Crippen LogP contribution in [0.15, 0.2) is 65.7 Å². The van der Waals surface area contributed by atoms with Crippen molar-refractivity contribution >= 4 is 21.5 Å². The zero-order chi connectivity index (χ0) is 16.9. The first-order valence-corrected chi connectivity index (χ1v) is 8.19. The number of ketones is 1. The van der Waals surface area contributed by atoms with E-state index >= 15 is 0 Å². The molecule has 0 bridgehead atoms. The lowest BCUT2D eigenvalue weighted by atomic mass is 10.1. The molecule has 0 atom stereocenters. The number of sulfonamides is 1. The Bertz CT molecular complexity index is 810. The van der Waals surface area contributed by atoms with Gasteiger partial charge < -0.3 is 10.1 Å². The third-order valence-electron chi connectivity index (χ3n) is 3.04. The van der Waals surface area contributed by atoms with Gasteiger partial charge in [-0.1, -0.05) is 0 Å². The zero-order valence-corrected chi connectivity index (χ0v) is 13.2. The maximum Gasteiger partial charge on any atom is 0.238 e. The van der Waals surface area contributed by atoms with Crippen molar-refractivity contribution in [2.24, 2.45) is 5.14 Å². The predicted molar refractivity (Wildman–Crippen MR) is 87.9 cm³/mol. The standard InChI is InChI=1S/C16H16N2O4S/c1-22-14-6-2-12(3-7-14)16(19)10-11-18-13-4-8-15(9-5-13)23(17,20)21/h2-11,18H,1H3,(H2,17,20,21)/b11-10+. The average Bonchev–Trinajstić information content (AvgIpc) is 2.54. The quantitative estimate of drug-likeness (QED) is 0.624. The summed E-state index contributed by atoms with van der Waals surface area (Å²) in [7, 11) is -2.15. The Hall–Kier alpha value is -2.64. The van der Waals surface area contributed by atoms with E-state index in [1.54, 1.807) is 43.5 Å². The summed E-state index contributed by atoms with van der Waals surface area (Å²) in [4.78, 5) is 12.0. The first kappa shape index (κ1) is 16.7.